The van der Waals surface area contributed by atoms with Crippen LogP contribution >= 0.6 is 11.3 Å². The summed E-state index contributed by atoms with van der Waals surface area (Å²) in [6.07, 6.45) is 0.764. The minimum atomic E-state index is -0.848. The SMILES string of the molecule is CCCN1C(=O)C(=c2sc3n(c2=O)C(c2ccc(OC(C)=O)cc2)C(C(=O)OCC)=C(C)N=3)c2ccccc21. The van der Waals surface area contributed by atoms with Crippen LogP contribution in [0, 0.1) is 0 Å². The van der Waals surface area contributed by atoms with Gasteiger partial charge in [-0.3, -0.25) is 19.0 Å². The maximum atomic E-state index is 14.1. The number of fused-ring (bicyclic) bond motifs is 2. The highest BCUT2D eigenvalue weighted by Crippen LogP contribution is 2.36. The molecule has 2 aliphatic rings. The number of anilines is 1. The smallest absolute Gasteiger partial charge is 0.338 e. The molecule has 0 saturated heterocycles. The van der Waals surface area contributed by atoms with E-state index in [1.165, 1.54) is 11.5 Å². The predicted octanol–water partition coefficient (Wildman–Crippen LogP) is 2.85. The fraction of sp³-hybridized carbons (Fsp3) is 0.276. The summed E-state index contributed by atoms with van der Waals surface area (Å²) in [5.41, 5.74) is 2.64. The molecule has 3 aromatic rings. The molecule has 0 spiro atoms. The lowest BCUT2D eigenvalue weighted by molar-refractivity contribution is -0.139. The van der Waals surface area contributed by atoms with Gasteiger partial charge in [0.25, 0.3) is 11.5 Å². The highest BCUT2D eigenvalue weighted by Gasteiger charge is 2.37. The first-order valence-corrected chi connectivity index (χ1v) is 13.5. The van der Waals surface area contributed by atoms with Gasteiger partial charge in [0.2, 0.25) is 0 Å². The monoisotopic (exact) mass is 545 g/mol. The summed E-state index contributed by atoms with van der Waals surface area (Å²) in [6.45, 7) is 7.39. The van der Waals surface area contributed by atoms with Gasteiger partial charge in [0.05, 0.1) is 35.2 Å². The Morgan fingerprint density at radius 1 is 1.05 bits per heavy atom. The molecule has 0 fully saturated rings. The van der Waals surface area contributed by atoms with Crippen LogP contribution in [0.5, 0.6) is 5.75 Å². The van der Waals surface area contributed by atoms with Crippen LogP contribution in [-0.2, 0) is 19.1 Å². The van der Waals surface area contributed by atoms with Crippen LogP contribution in [0.1, 0.15) is 51.3 Å². The van der Waals surface area contributed by atoms with E-state index in [4.69, 9.17) is 9.47 Å². The third-order valence-corrected chi connectivity index (χ3v) is 7.60. The van der Waals surface area contributed by atoms with Gasteiger partial charge >= 0.3 is 11.9 Å². The van der Waals surface area contributed by atoms with Gasteiger partial charge < -0.3 is 14.4 Å². The number of benzene rings is 2. The molecule has 3 heterocycles. The molecule has 5 rings (SSSR count). The molecule has 200 valence electrons. The lowest BCUT2D eigenvalue weighted by atomic mass is 9.96. The standard InChI is InChI=1S/C29H27N3O6S/c1-5-15-31-21-10-8-7-9-20(21)23(26(31)34)25-27(35)32-24(18-11-13-19(14-12-18)38-17(4)33)22(28(36)37-6-2)16(3)30-29(32)39-25/h7-14,24H,5-6,15H2,1-4H3. The van der Waals surface area contributed by atoms with E-state index in [1.54, 1.807) is 43.0 Å². The molecule has 1 atom stereocenters. The van der Waals surface area contributed by atoms with E-state index >= 15 is 0 Å². The molecule has 1 aromatic heterocycles. The van der Waals surface area contributed by atoms with Crippen LogP contribution in [0.4, 0.5) is 5.69 Å². The number of nitrogens with zero attached hydrogens (tertiary/aromatic N) is 3. The molecule has 0 N–H and O–H groups in total. The predicted molar refractivity (Wildman–Crippen MR) is 146 cm³/mol. The Balaban J connectivity index is 1.76. The fourth-order valence-corrected chi connectivity index (χ4v) is 6.12. The lowest BCUT2D eigenvalue weighted by Crippen LogP contribution is -2.41. The van der Waals surface area contributed by atoms with Crippen molar-refractivity contribution in [3.8, 4) is 5.75 Å². The molecule has 0 bridgehead atoms. The Morgan fingerprint density at radius 3 is 2.44 bits per heavy atom. The number of para-hydroxylation sites is 1. The second-order valence-corrected chi connectivity index (χ2v) is 10.1. The summed E-state index contributed by atoms with van der Waals surface area (Å²) >= 11 is 1.13. The first-order chi connectivity index (χ1) is 18.8. The van der Waals surface area contributed by atoms with Crippen LogP contribution in [0.15, 0.2) is 69.6 Å². The van der Waals surface area contributed by atoms with Crippen molar-refractivity contribution in [1.29, 1.82) is 0 Å². The zero-order valence-electron chi connectivity index (χ0n) is 22.0. The largest absolute Gasteiger partial charge is 0.463 e. The zero-order chi connectivity index (χ0) is 27.8. The van der Waals surface area contributed by atoms with Crippen molar-refractivity contribution in [2.24, 2.45) is 4.99 Å². The van der Waals surface area contributed by atoms with Gasteiger partial charge in [-0.1, -0.05) is 48.6 Å². The molecule has 2 aromatic carbocycles. The van der Waals surface area contributed by atoms with Crippen LogP contribution in [0.3, 0.4) is 0 Å². The van der Waals surface area contributed by atoms with Gasteiger partial charge in [-0.2, -0.15) is 0 Å². The Labute approximate surface area is 228 Å². The lowest BCUT2D eigenvalue weighted by Gasteiger charge is -2.24. The van der Waals surface area contributed by atoms with Crippen LogP contribution in [0.25, 0.3) is 5.57 Å². The highest BCUT2D eigenvalue weighted by atomic mass is 32.1. The summed E-state index contributed by atoms with van der Waals surface area (Å²) in [6, 6.07) is 13.2. The summed E-state index contributed by atoms with van der Waals surface area (Å²) in [7, 11) is 0. The van der Waals surface area contributed by atoms with Gasteiger partial charge in [-0.05, 0) is 44.0 Å². The van der Waals surface area contributed by atoms with Crippen molar-refractivity contribution in [1.82, 2.24) is 4.57 Å². The number of carbonyl (C=O) groups is 3. The highest BCUT2D eigenvalue weighted by molar-refractivity contribution is 7.07. The van der Waals surface area contributed by atoms with Crippen molar-refractivity contribution in [2.75, 3.05) is 18.1 Å². The second-order valence-electron chi connectivity index (χ2n) is 9.13. The Morgan fingerprint density at radius 2 is 1.77 bits per heavy atom. The van der Waals surface area contributed by atoms with E-state index in [2.05, 4.69) is 4.99 Å². The third-order valence-electron chi connectivity index (χ3n) is 6.55. The van der Waals surface area contributed by atoms with Crippen molar-refractivity contribution >= 4 is 40.4 Å². The van der Waals surface area contributed by atoms with Crippen LogP contribution in [-0.4, -0.2) is 35.6 Å². The average molecular weight is 546 g/mol. The number of thiazole rings is 1. The maximum Gasteiger partial charge on any atom is 0.338 e. The van der Waals surface area contributed by atoms with Crippen LogP contribution < -0.4 is 24.5 Å². The minimum Gasteiger partial charge on any atom is -0.463 e. The number of allylic oxidation sites excluding steroid dienone is 1. The molecule has 0 radical (unpaired) electrons. The average Bonchev–Trinajstić information content (AvgIpc) is 3.36. The van der Waals surface area contributed by atoms with E-state index in [0.29, 0.717) is 39.5 Å². The molecule has 9 nitrogen and oxygen atoms in total. The first kappa shape index (κ1) is 26.3. The molecular formula is C29H27N3O6S. The van der Waals surface area contributed by atoms with E-state index in [1.807, 2.05) is 31.2 Å². The van der Waals surface area contributed by atoms with Crippen molar-refractivity contribution < 1.29 is 23.9 Å². The van der Waals surface area contributed by atoms with Crippen molar-refractivity contribution in [2.45, 2.75) is 40.2 Å². The quantitative estimate of drug-likeness (QED) is 0.348. The zero-order valence-corrected chi connectivity index (χ0v) is 22.8. The number of hydrogen-bond donors (Lipinski definition) is 0. The number of aromatic nitrogens is 1. The van der Waals surface area contributed by atoms with Crippen LogP contribution in [0.2, 0.25) is 0 Å². The van der Waals surface area contributed by atoms with Gasteiger partial charge in [0.1, 0.15) is 10.3 Å². The minimum absolute atomic E-state index is 0.154. The van der Waals surface area contributed by atoms with Crippen molar-refractivity contribution in [3.05, 3.63) is 90.6 Å². The number of esters is 2. The molecular weight excluding hydrogens is 518 g/mol. The van der Waals surface area contributed by atoms with Gasteiger partial charge in [-0.25, -0.2) is 9.79 Å². The van der Waals surface area contributed by atoms with E-state index in [0.717, 1.165) is 23.4 Å². The van der Waals surface area contributed by atoms with Gasteiger partial charge in [-0.15, -0.1) is 0 Å². The van der Waals surface area contributed by atoms with E-state index in [9.17, 15) is 19.2 Å². The number of rotatable bonds is 6. The molecule has 0 saturated carbocycles. The van der Waals surface area contributed by atoms with Crippen molar-refractivity contribution in [3.63, 3.8) is 0 Å². The topological polar surface area (TPSA) is 107 Å². The number of amides is 1. The molecule has 39 heavy (non-hydrogen) atoms. The fourth-order valence-electron chi connectivity index (χ4n) is 4.99. The Bertz CT molecular complexity index is 1710. The first-order valence-electron chi connectivity index (χ1n) is 12.7. The normalized spacial score (nSPS) is 17.5. The van der Waals surface area contributed by atoms with Gasteiger partial charge in [0.15, 0.2) is 4.80 Å². The molecule has 0 aliphatic carbocycles. The summed E-state index contributed by atoms with van der Waals surface area (Å²) < 4.78 is 12.2. The van der Waals surface area contributed by atoms with E-state index < -0.39 is 23.5 Å². The summed E-state index contributed by atoms with van der Waals surface area (Å²) in [5, 5.41) is 0. The Hall–Kier alpha value is -4.31. The molecule has 10 heteroatoms. The number of carbonyl (C=O) groups excluding carboxylic acids is 3. The number of ether oxygens (including phenoxy) is 2. The summed E-state index contributed by atoms with van der Waals surface area (Å²) in [4.78, 5) is 58.9. The number of hydrogen-bond acceptors (Lipinski definition) is 8. The second kappa shape index (κ2) is 10.5. The summed E-state index contributed by atoms with van der Waals surface area (Å²) in [5.74, 6) is -0.934. The van der Waals surface area contributed by atoms with Gasteiger partial charge in [0, 0.05) is 19.0 Å². The third kappa shape index (κ3) is 4.50. The molecule has 1 amide bonds. The van der Waals surface area contributed by atoms with E-state index in [-0.39, 0.29) is 22.6 Å². The maximum absolute atomic E-state index is 14.1. The Kier molecular flexibility index (Phi) is 7.05. The molecule has 1 unspecified atom stereocenters. The molecule has 2 aliphatic heterocycles.